The molecule has 0 radical (unpaired) electrons. The minimum atomic E-state index is 0.828. The first-order valence-electron chi connectivity index (χ1n) is 6.15. The average Bonchev–Trinajstić information content (AvgIpc) is 2.93. The van der Waals surface area contributed by atoms with Gasteiger partial charge in [-0.1, -0.05) is 12.1 Å². The van der Waals surface area contributed by atoms with E-state index in [4.69, 9.17) is 0 Å². The fraction of sp³-hybridized carbons (Fsp3) is 0.133. The van der Waals surface area contributed by atoms with Crippen LogP contribution in [0.15, 0.2) is 53.7 Å². The van der Waals surface area contributed by atoms with Crippen molar-refractivity contribution in [2.75, 3.05) is 11.6 Å². The highest BCUT2D eigenvalue weighted by Crippen LogP contribution is 2.18. The first kappa shape index (κ1) is 12.1. The number of aromatic amines is 1. The van der Waals surface area contributed by atoms with Crippen LogP contribution < -0.4 is 5.32 Å². The number of benzene rings is 2. The maximum Gasteiger partial charge on any atom is 0.0931 e. The summed E-state index contributed by atoms with van der Waals surface area (Å²) in [5.41, 5.74) is 4.44. The van der Waals surface area contributed by atoms with E-state index in [0.717, 1.165) is 23.3 Å². The molecule has 0 saturated carbocycles. The van der Waals surface area contributed by atoms with Gasteiger partial charge in [-0.3, -0.25) is 0 Å². The smallest absolute Gasteiger partial charge is 0.0931 e. The predicted molar refractivity (Wildman–Crippen MR) is 81.6 cm³/mol. The Morgan fingerprint density at radius 2 is 2.00 bits per heavy atom. The molecule has 0 bridgehead atoms. The Morgan fingerprint density at radius 3 is 2.79 bits per heavy atom. The second-order valence-corrected chi connectivity index (χ2v) is 5.22. The molecule has 0 unspecified atom stereocenters. The molecule has 3 aromatic rings. The van der Waals surface area contributed by atoms with Crippen LogP contribution in [0, 0.1) is 0 Å². The third-order valence-corrected chi connectivity index (χ3v) is 3.82. The summed E-state index contributed by atoms with van der Waals surface area (Å²) in [4.78, 5) is 8.62. The fourth-order valence-corrected chi connectivity index (χ4v) is 2.40. The van der Waals surface area contributed by atoms with Crippen LogP contribution >= 0.6 is 11.8 Å². The maximum absolute atomic E-state index is 4.21. The van der Waals surface area contributed by atoms with Crippen LogP contribution in [0.3, 0.4) is 0 Å². The van der Waals surface area contributed by atoms with Gasteiger partial charge in [-0.2, -0.15) is 0 Å². The van der Waals surface area contributed by atoms with Gasteiger partial charge in [0.05, 0.1) is 17.4 Å². The van der Waals surface area contributed by atoms with Gasteiger partial charge >= 0.3 is 0 Å². The topological polar surface area (TPSA) is 40.7 Å². The highest BCUT2D eigenvalue weighted by molar-refractivity contribution is 7.98. The number of H-pyrrole nitrogens is 1. The standard InChI is InChI=1S/C15H15N3S/c1-19-13-5-2-11(3-6-13)9-16-12-4-7-14-15(8-12)18-10-17-14/h2-8,10,16H,9H2,1H3,(H,17,18). The van der Waals surface area contributed by atoms with E-state index in [1.54, 1.807) is 18.1 Å². The normalized spacial score (nSPS) is 10.8. The van der Waals surface area contributed by atoms with Crippen molar-refractivity contribution in [2.45, 2.75) is 11.4 Å². The highest BCUT2D eigenvalue weighted by Gasteiger charge is 1.99. The highest BCUT2D eigenvalue weighted by atomic mass is 32.2. The van der Waals surface area contributed by atoms with Crippen molar-refractivity contribution in [3.8, 4) is 0 Å². The van der Waals surface area contributed by atoms with Gasteiger partial charge in [0, 0.05) is 17.1 Å². The number of thioether (sulfide) groups is 1. The Bertz CT molecular complexity index is 673. The summed E-state index contributed by atoms with van der Waals surface area (Å²) in [6.07, 6.45) is 3.81. The van der Waals surface area contributed by atoms with Crippen LogP contribution in [0.25, 0.3) is 11.0 Å². The lowest BCUT2D eigenvalue weighted by Gasteiger charge is -2.07. The van der Waals surface area contributed by atoms with Crippen LogP contribution in [-0.4, -0.2) is 16.2 Å². The molecule has 3 nitrogen and oxygen atoms in total. The van der Waals surface area contributed by atoms with Gasteiger partial charge in [0.25, 0.3) is 0 Å². The molecule has 0 amide bonds. The van der Waals surface area contributed by atoms with Crippen LogP contribution in [0.2, 0.25) is 0 Å². The van der Waals surface area contributed by atoms with E-state index in [1.807, 2.05) is 6.07 Å². The summed E-state index contributed by atoms with van der Waals surface area (Å²) in [5, 5.41) is 3.43. The molecule has 1 aromatic heterocycles. The quantitative estimate of drug-likeness (QED) is 0.706. The van der Waals surface area contributed by atoms with Crippen molar-refractivity contribution in [1.29, 1.82) is 0 Å². The molecular formula is C15H15N3S. The molecule has 4 heteroatoms. The lowest BCUT2D eigenvalue weighted by molar-refractivity contribution is 1.14. The first-order valence-corrected chi connectivity index (χ1v) is 7.37. The Balaban J connectivity index is 1.70. The molecule has 3 rings (SSSR count). The molecule has 0 spiro atoms. The Morgan fingerprint density at radius 1 is 1.16 bits per heavy atom. The number of fused-ring (bicyclic) bond motifs is 1. The van der Waals surface area contributed by atoms with Crippen molar-refractivity contribution < 1.29 is 0 Å². The summed E-state index contributed by atoms with van der Waals surface area (Å²) < 4.78 is 0. The molecule has 0 aliphatic rings. The number of nitrogens with one attached hydrogen (secondary N) is 2. The van der Waals surface area contributed by atoms with Gasteiger partial charge in [-0.25, -0.2) is 4.98 Å². The van der Waals surface area contributed by atoms with Crippen LogP contribution in [0.1, 0.15) is 5.56 Å². The lowest BCUT2D eigenvalue weighted by atomic mass is 10.2. The number of hydrogen-bond donors (Lipinski definition) is 2. The van der Waals surface area contributed by atoms with Crippen LogP contribution in [-0.2, 0) is 6.54 Å². The Hall–Kier alpha value is -1.94. The number of rotatable bonds is 4. The van der Waals surface area contributed by atoms with Crippen molar-refractivity contribution in [3.63, 3.8) is 0 Å². The minimum Gasteiger partial charge on any atom is -0.381 e. The van der Waals surface area contributed by atoms with Gasteiger partial charge < -0.3 is 10.3 Å². The number of aromatic nitrogens is 2. The number of anilines is 1. The fourth-order valence-electron chi connectivity index (χ4n) is 1.99. The van der Waals surface area contributed by atoms with E-state index in [9.17, 15) is 0 Å². The summed E-state index contributed by atoms with van der Waals surface area (Å²) in [5.74, 6) is 0. The Kier molecular flexibility index (Phi) is 3.42. The largest absolute Gasteiger partial charge is 0.381 e. The van der Waals surface area contributed by atoms with Gasteiger partial charge in [-0.15, -0.1) is 11.8 Å². The van der Waals surface area contributed by atoms with Crippen LogP contribution in [0.4, 0.5) is 5.69 Å². The SMILES string of the molecule is CSc1ccc(CNc2ccc3nc[nH]c3c2)cc1. The molecule has 0 atom stereocenters. The van der Waals surface area contributed by atoms with Gasteiger partial charge in [0.2, 0.25) is 0 Å². The molecule has 0 aliphatic carbocycles. The van der Waals surface area contributed by atoms with Crippen molar-refractivity contribution >= 4 is 28.5 Å². The van der Waals surface area contributed by atoms with Crippen LogP contribution in [0.5, 0.6) is 0 Å². The van der Waals surface area contributed by atoms with Crippen molar-refractivity contribution in [1.82, 2.24) is 9.97 Å². The summed E-state index contributed by atoms with van der Waals surface area (Å²) in [6, 6.07) is 14.8. The summed E-state index contributed by atoms with van der Waals surface area (Å²) in [6.45, 7) is 0.828. The van der Waals surface area contributed by atoms with E-state index in [2.05, 4.69) is 57.9 Å². The van der Waals surface area contributed by atoms with E-state index in [-0.39, 0.29) is 0 Å². The number of hydrogen-bond acceptors (Lipinski definition) is 3. The molecule has 96 valence electrons. The molecule has 2 N–H and O–H groups in total. The molecule has 19 heavy (non-hydrogen) atoms. The summed E-state index contributed by atoms with van der Waals surface area (Å²) in [7, 11) is 0. The lowest BCUT2D eigenvalue weighted by Crippen LogP contribution is -1.98. The molecule has 0 aliphatic heterocycles. The maximum atomic E-state index is 4.21. The monoisotopic (exact) mass is 269 g/mol. The van der Waals surface area contributed by atoms with E-state index in [0.29, 0.717) is 0 Å². The van der Waals surface area contributed by atoms with Crippen molar-refractivity contribution in [2.24, 2.45) is 0 Å². The molecular weight excluding hydrogens is 254 g/mol. The third kappa shape index (κ3) is 2.74. The molecule has 0 fully saturated rings. The number of nitrogens with zero attached hydrogens (tertiary/aromatic N) is 1. The zero-order valence-electron chi connectivity index (χ0n) is 10.7. The zero-order chi connectivity index (χ0) is 13.1. The molecule has 0 saturated heterocycles. The van der Waals surface area contributed by atoms with Crippen molar-refractivity contribution in [3.05, 3.63) is 54.4 Å². The van der Waals surface area contributed by atoms with E-state index < -0.39 is 0 Å². The number of imidazole rings is 1. The molecule has 2 aromatic carbocycles. The first-order chi connectivity index (χ1) is 9.35. The third-order valence-electron chi connectivity index (χ3n) is 3.08. The van der Waals surface area contributed by atoms with Gasteiger partial charge in [0.1, 0.15) is 0 Å². The summed E-state index contributed by atoms with van der Waals surface area (Å²) >= 11 is 1.76. The second-order valence-electron chi connectivity index (χ2n) is 4.34. The predicted octanol–water partition coefficient (Wildman–Crippen LogP) is 3.90. The van der Waals surface area contributed by atoms with E-state index in [1.165, 1.54) is 10.5 Å². The molecule has 1 heterocycles. The average molecular weight is 269 g/mol. The van der Waals surface area contributed by atoms with Gasteiger partial charge in [-0.05, 0) is 42.2 Å². The Labute approximate surface area is 116 Å². The van der Waals surface area contributed by atoms with E-state index >= 15 is 0 Å². The second kappa shape index (κ2) is 5.36. The van der Waals surface area contributed by atoms with Gasteiger partial charge in [0.15, 0.2) is 0 Å². The zero-order valence-corrected chi connectivity index (χ0v) is 11.5. The minimum absolute atomic E-state index is 0.828.